The van der Waals surface area contributed by atoms with Gasteiger partial charge in [-0.25, -0.2) is 0 Å². The summed E-state index contributed by atoms with van der Waals surface area (Å²) in [6.07, 6.45) is 6.63. The lowest BCUT2D eigenvalue weighted by atomic mass is 9.85. The number of nitrogens with one attached hydrogen (secondary N) is 1. The predicted octanol–water partition coefficient (Wildman–Crippen LogP) is 3.15. The molecule has 0 amide bonds. The maximum atomic E-state index is 6.05. The van der Waals surface area contributed by atoms with Crippen LogP contribution in [-0.2, 0) is 0 Å². The molecule has 1 aliphatic heterocycles. The molecule has 3 rings (SSSR count). The van der Waals surface area contributed by atoms with Crippen LogP contribution in [0.4, 0.5) is 0 Å². The molecule has 5 heteroatoms. The minimum atomic E-state index is 0. The number of guanidine groups is 1. The molecule has 1 saturated heterocycles. The van der Waals surface area contributed by atoms with Crippen molar-refractivity contribution in [1.82, 2.24) is 10.2 Å². The van der Waals surface area contributed by atoms with Crippen LogP contribution in [0.2, 0.25) is 0 Å². The standard InChI is InChI=1S/C18H28N4.HI/c19-18(20-13-15-7-6-8-15)21-14-17(22-11-4-5-12-22)16-9-2-1-3-10-16;/h1-3,9-10,15,17H,4-8,11-14H2,(H3,19,20,21);1H. The number of hydrogen-bond donors (Lipinski definition) is 2. The van der Waals surface area contributed by atoms with Crippen molar-refractivity contribution in [3.63, 3.8) is 0 Å². The average molecular weight is 428 g/mol. The maximum Gasteiger partial charge on any atom is 0.188 e. The molecule has 0 bridgehead atoms. The van der Waals surface area contributed by atoms with E-state index in [0.717, 1.165) is 19.0 Å². The van der Waals surface area contributed by atoms with Crippen LogP contribution in [0.5, 0.6) is 0 Å². The Kier molecular flexibility index (Phi) is 7.62. The van der Waals surface area contributed by atoms with E-state index in [1.54, 1.807) is 0 Å². The molecule has 1 heterocycles. The fourth-order valence-electron chi connectivity index (χ4n) is 3.35. The first-order valence-electron chi connectivity index (χ1n) is 8.66. The highest BCUT2D eigenvalue weighted by atomic mass is 127. The Bertz CT molecular complexity index is 481. The number of benzene rings is 1. The molecule has 1 unspecified atom stereocenters. The number of hydrogen-bond acceptors (Lipinski definition) is 2. The van der Waals surface area contributed by atoms with Gasteiger partial charge in [0.25, 0.3) is 0 Å². The monoisotopic (exact) mass is 428 g/mol. The molecular formula is C18H29IN4. The van der Waals surface area contributed by atoms with E-state index in [-0.39, 0.29) is 24.0 Å². The van der Waals surface area contributed by atoms with Gasteiger partial charge in [0.15, 0.2) is 5.96 Å². The van der Waals surface area contributed by atoms with Crippen LogP contribution in [0.1, 0.15) is 43.7 Å². The number of likely N-dealkylation sites (tertiary alicyclic amines) is 1. The summed E-state index contributed by atoms with van der Waals surface area (Å²) >= 11 is 0. The highest BCUT2D eigenvalue weighted by molar-refractivity contribution is 14.0. The van der Waals surface area contributed by atoms with Crippen LogP contribution < -0.4 is 11.1 Å². The van der Waals surface area contributed by atoms with Gasteiger partial charge in [0.05, 0.1) is 12.6 Å². The summed E-state index contributed by atoms with van der Waals surface area (Å²) < 4.78 is 0. The van der Waals surface area contributed by atoms with Crippen LogP contribution in [0, 0.1) is 5.92 Å². The third kappa shape index (κ3) is 5.35. The molecule has 1 aliphatic carbocycles. The van der Waals surface area contributed by atoms with Crippen LogP contribution in [0.25, 0.3) is 0 Å². The van der Waals surface area contributed by atoms with Gasteiger partial charge < -0.3 is 11.1 Å². The van der Waals surface area contributed by atoms with E-state index in [1.165, 1.54) is 50.8 Å². The van der Waals surface area contributed by atoms with Gasteiger partial charge in [-0.05, 0) is 50.3 Å². The molecule has 128 valence electrons. The van der Waals surface area contributed by atoms with Gasteiger partial charge in [-0.3, -0.25) is 9.89 Å². The molecule has 1 aromatic rings. The molecule has 2 aliphatic rings. The van der Waals surface area contributed by atoms with Crippen molar-refractivity contribution in [2.24, 2.45) is 16.6 Å². The molecule has 2 fully saturated rings. The fourth-order valence-corrected chi connectivity index (χ4v) is 3.35. The van der Waals surface area contributed by atoms with Crippen molar-refractivity contribution >= 4 is 29.9 Å². The predicted molar refractivity (Wildman–Crippen MR) is 107 cm³/mol. The summed E-state index contributed by atoms with van der Waals surface area (Å²) in [6.45, 7) is 4.07. The number of nitrogens with zero attached hydrogens (tertiary/aromatic N) is 2. The van der Waals surface area contributed by atoms with E-state index in [2.05, 4.69) is 45.5 Å². The van der Waals surface area contributed by atoms with Crippen molar-refractivity contribution in [1.29, 1.82) is 0 Å². The van der Waals surface area contributed by atoms with Crippen molar-refractivity contribution in [3.05, 3.63) is 35.9 Å². The zero-order valence-electron chi connectivity index (χ0n) is 13.8. The minimum absolute atomic E-state index is 0. The Morgan fingerprint density at radius 2 is 1.87 bits per heavy atom. The summed E-state index contributed by atoms with van der Waals surface area (Å²) in [4.78, 5) is 7.16. The summed E-state index contributed by atoms with van der Waals surface area (Å²) in [7, 11) is 0. The first-order chi connectivity index (χ1) is 10.8. The SMILES string of the molecule is I.NC(=NCC(c1ccccc1)N1CCCC1)NCC1CCC1. The van der Waals surface area contributed by atoms with E-state index in [0.29, 0.717) is 12.0 Å². The van der Waals surface area contributed by atoms with Gasteiger partial charge in [0.1, 0.15) is 0 Å². The van der Waals surface area contributed by atoms with Crippen molar-refractivity contribution in [3.8, 4) is 0 Å². The smallest absolute Gasteiger partial charge is 0.188 e. The van der Waals surface area contributed by atoms with Gasteiger partial charge in [-0.15, -0.1) is 24.0 Å². The molecule has 0 spiro atoms. The summed E-state index contributed by atoms with van der Waals surface area (Å²) in [5.41, 5.74) is 7.39. The Morgan fingerprint density at radius 1 is 1.17 bits per heavy atom. The average Bonchev–Trinajstić information content (AvgIpc) is 3.01. The third-order valence-corrected chi connectivity index (χ3v) is 5.00. The molecule has 3 N–H and O–H groups in total. The zero-order valence-corrected chi connectivity index (χ0v) is 16.1. The van der Waals surface area contributed by atoms with Gasteiger partial charge in [0.2, 0.25) is 0 Å². The first-order valence-corrected chi connectivity index (χ1v) is 8.66. The van der Waals surface area contributed by atoms with Crippen molar-refractivity contribution in [2.75, 3.05) is 26.2 Å². The number of aliphatic imine (C=N–C) groups is 1. The number of rotatable bonds is 6. The molecule has 4 nitrogen and oxygen atoms in total. The third-order valence-electron chi connectivity index (χ3n) is 5.00. The molecule has 23 heavy (non-hydrogen) atoms. The largest absolute Gasteiger partial charge is 0.370 e. The molecule has 1 atom stereocenters. The summed E-state index contributed by atoms with van der Waals surface area (Å²) in [5.74, 6) is 1.41. The lowest BCUT2D eigenvalue weighted by Crippen LogP contribution is -2.38. The molecule has 1 saturated carbocycles. The molecule has 0 aromatic heterocycles. The maximum absolute atomic E-state index is 6.05. The van der Waals surface area contributed by atoms with Gasteiger partial charge in [-0.1, -0.05) is 36.8 Å². The first kappa shape index (κ1) is 18.5. The van der Waals surface area contributed by atoms with Gasteiger partial charge >= 0.3 is 0 Å². The number of halogens is 1. The van der Waals surface area contributed by atoms with Gasteiger partial charge in [0, 0.05) is 6.54 Å². The Hall–Kier alpha value is -0.820. The van der Waals surface area contributed by atoms with Crippen LogP contribution in [0.15, 0.2) is 35.3 Å². The molecule has 0 radical (unpaired) electrons. The summed E-state index contributed by atoms with van der Waals surface area (Å²) in [6, 6.07) is 11.1. The second-order valence-corrected chi connectivity index (χ2v) is 6.57. The highest BCUT2D eigenvalue weighted by Crippen LogP contribution is 2.26. The Balaban J connectivity index is 0.00000192. The van der Waals surface area contributed by atoms with Crippen LogP contribution in [0.3, 0.4) is 0 Å². The topological polar surface area (TPSA) is 53.6 Å². The normalized spacial score (nSPS) is 20.6. The highest BCUT2D eigenvalue weighted by Gasteiger charge is 2.23. The van der Waals surface area contributed by atoms with Crippen LogP contribution >= 0.6 is 24.0 Å². The quantitative estimate of drug-likeness (QED) is 0.416. The van der Waals surface area contributed by atoms with Crippen molar-refractivity contribution < 1.29 is 0 Å². The Morgan fingerprint density at radius 3 is 2.48 bits per heavy atom. The van der Waals surface area contributed by atoms with E-state index in [9.17, 15) is 0 Å². The number of nitrogens with two attached hydrogens (primary N) is 1. The second kappa shape index (κ2) is 9.47. The molecule has 1 aromatic carbocycles. The van der Waals surface area contributed by atoms with Crippen molar-refractivity contribution in [2.45, 2.75) is 38.1 Å². The Labute approximate surface area is 156 Å². The van der Waals surface area contributed by atoms with Crippen LogP contribution in [-0.4, -0.2) is 37.0 Å². The summed E-state index contributed by atoms with van der Waals surface area (Å²) in [5, 5.41) is 3.29. The lowest BCUT2D eigenvalue weighted by molar-refractivity contribution is 0.251. The van der Waals surface area contributed by atoms with E-state index < -0.39 is 0 Å². The molecular weight excluding hydrogens is 399 g/mol. The minimum Gasteiger partial charge on any atom is -0.370 e. The van der Waals surface area contributed by atoms with E-state index >= 15 is 0 Å². The fraction of sp³-hybridized carbons (Fsp3) is 0.611. The van der Waals surface area contributed by atoms with E-state index in [1.807, 2.05) is 0 Å². The van der Waals surface area contributed by atoms with E-state index in [4.69, 9.17) is 5.73 Å². The van der Waals surface area contributed by atoms with Gasteiger partial charge in [-0.2, -0.15) is 0 Å². The second-order valence-electron chi connectivity index (χ2n) is 6.57. The lowest BCUT2D eigenvalue weighted by Gasteiger charge is -2.27. The zero-order chi connectivity index (χ0) is 15.2.